The molecule has 10 aromatic rings. The van der Waals surface area contributed by atoms with Crippen LogP contribution in [0.5, 0.6) is 63.2 Å². The van der Waals surface area contributed by atoms with Gasteiger partial charge in [-0.25, -0.2) is 0 Å². The number of alkyl halides is 6. The summed E-state index contributed by atoms with van der Waals surface area (Å²) in [6.07, 6.45) is 2.91. The molecule has 6 aliphatic carbocycles. The van der Waals surface area contributed by atoms with Crippen LogP contribution in [0.25, 0.3) is 5.57 Å². The predicted molar refractivity (Wildman–Crippen MR) is 511 cm³/mol. The van der Waals surface area contributed by atoms with Crippen LogP contribution in [-0.4, -0.2) is 102 Å². The number of halogens is 6. The molecular formula is C113H116F6O22. The van der Waals surface area contributed by atoms with Crippen LogP contribution in [-0.2, 0) is 67.0 Å². The molecule has 742 valence electrons. The zero-order valence-electron chi connectivity index (χ0n) is 79.8. The van der Waals surface area contributed by atoms with Crippen LogP contribution in [0.1, 0.15) is 303 Å². The molecule has 0 aromatic heterocycles. The highest BCUT2D eigenvalue weighted by Crippen LogP contribution is 2.54. The van der Waals surface area contributed by atoms with Gasteiger partial charge in [0, 0.05) is 100 Å². The highest BCUT2D eigenvalue weighted by Gasteiger charge is 2.43. The molecule has 10 aromatic carbocycles. The molecule has 0 unspecified atom stereocenters. The first kappa shape index (κ1) is 99.2. The Morgan fingerprint density at radius 2 is 0.688 bits per heavy atom. The molecule has 0 spiro atoms. The fraction of sp³-hybridized carbons (Fsp3) is 0.407. The van der Waals surface area contributed by atoms with Crippen molar-refractivity contribution in [2.45, 2.75) is 242 Å². The van der Waals surface area contributed by atoms with E-state index < -0.39 is 54.1 Å². The number of rotatable bonds is 25. The van der Waals surface area contributed by atoms with Gasteiger partial charge in [0.2, 0.25) is 0 Å². The van der Waals surface area contributed by atoms with E-state index in [-0.39, 0.29) is 109 Å². The van der Waals surface area contributed by atoms with Gasteiger partial charge in [0.25, 0.3) is 0 Å². The lowest BCUT2D eigenvalue weighted by molar-refractivity contribution is -0.275. The number of fused-ring (bicyclic) bond motifs is 10. The van der Waals surface area contributed by atoms with Gasteiger partial charge in [-0.1, -0.05) is 164 Å². The van der Waals surface area contributed by atoms with Gasteiger partial charge in [-0.2, -0.15) is 13.2 Å². The minimum absolute atomic E-state index is 0.00658. The van der Waals surface area contributed by atoms with E-state index in [2.05, 4.69) is 114 Å². The third-order valence-corrected chi connectivity index (χ3v) is 28.5. The van der Waals surface area contributed by atoms with Gasteiger partial charge in [0.1, 0.15) is 93.8 Å². The van der Waals surface area contributed by atoms with Crippen LogP contribution in [0, 0.1) is 10.8 Å². The number of hydrogen-bond donors (Lipinski definition) is 5. The van der Waals surface area contributed by atoms with Crippen molar-refractivity contribution in [3.63, 3.8) is 0 Å². The Bertz CT molecular complexity index is 6390. The molecule has 21 rings (SSSR count). The summed E-state index contributed by atoms with van der Waals surface area (Å²) in [5.74, 6) is 2.25. The second kappa shape index (κ2) is 41.4. The van der Waals surface area contributed by atoms with E-state index in [4.69, 9.17) is 77.6 Å². The van der Waals surface area contributed by atoms with Gasteiger partial charge in [0.15, 0.2) is 0 Å². The number of aliphatic carboxylic acids is 5. The lowest BCUT2D eigenvalue weighted by atomic mass is 9.80. The third kappa shape index (κ3) is 22.5. The van der Waals surface area contributed by atoms with E-state index in [1.54, 1.807) is 55.6 Å². The monoisotopic (exact) mass is 1940 g/mol. The van der Waals surface area contributed by atoms with Crippen LogP contribution in [0.4, 0.5) is 26.3 Å². The Hall–Kier alpha value is -13.4. The third-order valence-electron chi connectivity index (χ3n) is 28.5. The molecule has 141 heavy (non-hydrogen) atoms. The van der Waals surface area contributed by atoms with Crippen molar-refractivity contribution in [3.05, 3.63) is 294 Å². The van der Waals surface area contributed by atoms with Gasteiger partial charge in [-0.05, 0) is 209 Å². The number of carbonyl (C=O) groups is 5. The fourth-order valence-corrected chi connectivity index (χ4v) is 22.0. The molecule has 11 aliphatic rings. The zero-order chi connectivity index (χ0) is 99.7. The van der Waals surface area contributed by atoms with E-state index in [0.717, 1.165) is 113 Å². The quantitative estimate of drug-likeness (QED) is 0.0332. The maximum Gasteiger partial charge on any atom is 0.573 e. The van der Waals surface area contributed by atoms with Crippen molar-refractivity contribution in [2.24, 2.45) is 10.8 Å². The first-order chi connectivity index (χ1) is 67.3. The Morgan fingerprint density at radius 3 is 1.01 bits per heavy atom. The number of benzene rings is 10. The summed E-state index contributed by atoms with van der Waals surface area (Å²) in [5, 5.41) is 45.1. The fourth-order valence-electron chi connectivity index (χ4n) is 22.0. The van der Waals surface area contributed by atoms with Crippen molar-refractivity contribution in [2.75, 3.05) is 40.1 Å². The summed E-state index contributed by atoms with van der Waals surface area (Å²) in [4.78, 5) is 54.9. The number of hydrogen-bond acceptors (Lipinski definition) is 17. The molecule has 5 heterocycles. The predicted octanol–water partition coefficient (Wildman–Crippen LogP) is 25.5. The molecule has 0 amide bonds. The summed E-state index contributed by atoms with van der Waals surface area (Å²) in [6.45, 7) is 17.6. The number of ether oxygens (including phenoxy) is 12. The van der Waals surface area contributed by atoms with Gasteiger partial charge in [-0.3, -0.25) is 24.0 Å². The van der Waals surface area contributed by atoms with Gasteiger partial charge in [-0.15, -0.1) is 13.2 Å². The Labute approximate surface area is 814 Å². The number of carboxylic acid groups (broad SMARTS) is 5. The standard InChI is InChI=1S/C26H28O4.C25H30O5.C22H24O4.C20H17F3O5.C20H17F3O4/c1-26(2)12-4-7-22(26)20-5-3-6-21-19(20)10-11-23(21)30-17-8-9-18-16(13-25(27)28)15-29-24(18)14-17;1-25(2,3)24(28-4)20-7-5-6-19-18(20)10-11-21(19)30-16-8-9-17-15(12-23(26)27)14-29-22(17)13-16;1-13(2)16-4-3-5-19-18(16)8-9-20(19)26-15-6-7-17-14(10-22(23)24)12-25-21(17)11-15;21-20(22,23)28-17-3-1-2-14-15(17)6-7-16(14)27-12-4-5-13-11(8-19(24)25)10-26-18(13)9-12;21-20(22,23)16-3-1-2-15-14(16)6-7-17(15)27-12-4-5-13-11(8-19(24)25)10-26-18(13)9-12/h3,5-9,14,16,23H,4,10-13,15H2,1-2H3,(H,27,28);5-9,13,15,21,24H,10-12,14H2,1-4H3,(H,26,27);3-7,11,13-14,20H,8-10,12H2,1-2H3,(H,23,24);1-5,9,11,16H,6-8,10H2,(H,24,25);1-5,9,11,17H,6-8,10H2,(H,24,25)/t16-,23-;15-,21-,24-;14-,20-;11-,16-;11-,17-/m11111/s1. The summed E-state index contributed by atoms with van der Waals surface area (Å²) in [5.41, 5.74) is 19.8. The first-order valence-electron chi connectivity index (χ1n) is 48.3. The Balaban J connectivity index is 0.000000122. The van der Waals surface area contributed by atoms with E-state index in [1.807, 2.05) is 54.6 Å². The summed E-state index contributed by atoms with van der Waals surface area (Å²) in [6, 6.07) is 56.1. The van der Waals surface area contributed by atoms with Crippen LogP contribution in [0.15, 0.2) is 188 Å². The molecule has 22 nitrogen and oxygen atoms in total. The second-order valence-electron chi connectivity index (χ2n) is 39.9. The largest absolute Gasteiger partial charge is 0.573 e. The minimum atomic E-state index is -4.74. The van der Waals surface area contributed by atoms with Crippen LogP contribution in [0.3, 0.4) is 0 Å². The highest BCUT2D eigenvalue weighted by atomic mass is 19.4. The van der Waals surface area contributed by atoms with Crippen molar-refractivity contribution in [1.82, 2.24) is 0 Å². The van der Waals surface area contributed by atoms with Gasteiger partial charge in [0.05, 0.1) is 76.8 Å². The average molecular weight is 1940 g/mol. The van der Waals surface area contributed by atoms with Crippen molar-refractivity contribution >= 4 is 35.4 Å². The lowest BCUT2D eigenvalue weighted by Gasteiger charge is -2.31. The number of carboxylic acids is 5. The van der Waals surface area contributed by atoms with Crippen molar-refractivity contribution in [1.29, 1.82) is 0 Å². The SMILES string of the molecule is CC(C)c1cccc2c1CC[C@H]2Oc1ccc2c(c1)OC[C@H]2CC(=O)O.CC1(C)CCC=C1c1cccc2c1CC[C@H]2Oc1ccc2c(c1)OC[C@H]2CC(=O)O.CO[C@H](c1cccc2c1CC[C@H]2Oc1ccc2c(c1)OC[C@H]2CC(=O)O)C(C)(C)C.O=C(O)C[C@@H]1COc2cc(O[C@@H]3CCc4c(OC(F)(F)F)cccc43)ccc21.O=C(O)C[C@@H]1COc2cc(O[C@@H]3CCc4c3cccc4C(F)(F)F)ccc21. The van der Waals surface area contributed by atoms with E-state index in [0.29, 0.717) is 110 Å². The second-order valence-corrected chi connectivity index (χ2v) is 39.9. The van der Waals surface area contributed by atoms with Crippen LogP contribution in [0.2, 0.25) is 0 Å². The van der Waals surface area contributed by atoms with Gasteiger partial charge >= 0.3 is 42.4 Å². The zero-order valence-corrected chi connectivity index (χ0v) is 79.8. The molecule has 5 aliphatic heterocycles. The van der Waals surface area contributed by atoms with E-state index >= 15 is 0 Å². The van der Waals surface area contributed by atoms with Crippen molar-refractivity contribution < 1.29 is 133 Å². The number of allylic oxidation sites excluding steroid dienone is 2. The van der Waals surface area contributed by atoms with Crippen molar-refractivity contribution in [3.8, 4) is 63.2 Å². The normalized spacial score (nSPS) is 21.2. The molecule has 28 heteroatoms. The first-order valence-corrected chi connectivity index (χ1v) is 48.3. The van der Waals surface area contributed by atoms with E-state index in [9.17, 15) is 50.3 Å². The molecule has 5 N–H and O–H groups in total. The molecular weight excluding hydrogens is 1820 g/mol. The summed E-state index contributed by atoms with van der Waals surface area (Å²) >= 11 is 0. The lowest BCUT2D eigenvalue weighted by Crippen LogP contribution is -2.21. The van der Waals surface area contributed by atoms with Crippen LogP contribution >= 0.6 is 0 Å². The molecule has 0 bridgehead atoms. The molecule has 11 atom stereocenters. The maximum atomic E-state index is 13.2. The average Bonchev–Trinajstić information content (AvgIpc) is 1.62. The summed E-state index contributed by atoms with van der Waals surface area (Å²) in [7, 11) is 1.78. The smallest absolute Gasteiger partial charge is 0.492 e. The highest BCUT2D eigenvalue weighted by molar-refractivity contribution is 5.76. The number of methoxy groups -OCH3 is 1. The molecule has 0 saturated carbocycles. The maximum absolute atomic E-state index is 13.2. The van der Waals surface area contributed by atoms with E-state index in [1.165, 1.54) is 80.3 Å². The summed E-state index contributed by atoms with van der Waals surface area (Å²) < 4.78 is 147. The Kier molecular flexibility index (Phi) is 29.2. The Morgan fingerprint density at radius 1 is 0.383 bits per heavy atom. The minimum Gasteiger partial charge on any atom is -0.492 e. The van der Waals surface area contributed by atoms with Gasteiger partial charge < -0.3 is 82.4 Å². The molecule has 0 saturated heterocycles. The topological polar surface area (TPSA) is 297 Å². The van der Waals surface area contributed by atoms with Crippen LogP contribution < -0.4 is 52.1 Å². The molecule has 0 radical (unpaired) electrons. The molecule has 0 fully saturated rings.